The molecule has 1 aromatic carbocycles. The maximum absolute atomic E-state index is 12.6. The third-order valence-corrected chi connectivity index (χ3v) is 3.79. The van der Waals surface area contributed by atoms with Crippen LogP contribution in [0.2, 0.25) is 0 Å². The molecule has 2 aromatic heterocycles. The van der Waals surface area contributed by atoms with Crippen molar-refractivity contribution in [2.75, 3.05) is 5.32 Å². The molecule has 0 aliphatic heterocycles. The monoisotopic (exact) mass is 332 g/mol. The van der Waals surface area contributed by atoms with Crippen LogP contribution >= 0.6 is 0 Å². The summed E-state index contributed by atoms with van der Waals surface area (Å²) in [5.74, 6) is -0.874. The Balaban J connectivity index is 1.86. The molecule has 0 unspecified atom stereocenters. The van der Waals surface area contributed by atoms with Crippen LogP contribution in [0.4, 0.5) is 5.69 Å². The number of carbonyl (C=O) groups is 2. The highest BCUT2D eigenvalue weighted by molar-refractivity contribution is 6.06. The number of hydrogen-bond acceptors (Lipinski definition) is 4. The lowest BCUT2D eigenvalue weighted by atomic mass is 9.99. The smallest absolute Gasteiger partial charge is 0.267 e. The van der Waals surface area contributed by atoms with E-state index in [9.17, 15) is 9.59 Å². The van der Waals surface area contributed by atoms with Crippen LogP contribution in [-0.2, 0) is 0 Å². The first-order valence-corrected chi connectivity index (χ1v) is 7.64. The van der Waals surface area contributed by atoms with Crippen molar-refractivity contribution in [2.24, 2.45) is 5.73 Å². The molecule has 0 aliphatic carbocycles. The van der Waals surface area contributed by atoms with E-state index in [1.807, 2.05) is 37.3 Å². The minimum Gasteiger partial charge on any atom is -0.364 e. The van der Waals surface area contributed by atoms with Gasteiger partial charge in [-0.3, -0.25) is 14.6 Å². The summed E-state index contributed by atoms with van der Waals surface area (Å²) in [5, 5.41) is 2.77. The highest BCUT2D eigenvalue weighted by Gasteiger charge is 2.14. The van der Waals surface area contributed by atoms with Gasteiger partial charge in [0, 0.05) is 17.3 Å². The predicted octanol–water partition coefficient (Wildman–Crippen LogP) is 2.80. The minimum absolute atomic E-state index is 0.145. The van der Waals surface area contributed by atoms with Gasteiger partial charge in [-0.1, -0.05) is 18.2 Å². The van der Waals surface area contributed by atoms with E-state index in [4.69, 9.17) is 5.73 Å². The third-order valence-electron chi connectivity index (χ3n) is 3.79. The summed E-state index contributed by atoms with van der Waals surface area (Å²) in [4.78, 5) is 31.9. The van der Waals surface area contributed by atoms with Gasteiger partial charge in [0.05, 0.1) is 17.6 Å². The molecular formula is C19H16N4O2. The van der Waals surface area contributed by atoms with E-state index in [1.54, 1.807) is 18.3 Å². The molecule has 0 saturated carbocycles. The van der Waals surface area contributed by atoms with Crippen LogP contribution in [0, 0.1) is 6.92 Å². The van der Waals surface area contributed by atoms with Gasteiger partial charge >= 0.3 is 0 Å². The zero-order chi connectivity index (χ0) is 17.8. The van der Waals surface area contributed by atoms with Gasteiger partial charge in [-0.2, -0.15) is 0 Å². The Hall–Kier alpha value is -3.54. The second-order valence-electron chi connectivity index (χ2n) is 5.44. The predicted molar refractivity (Wildman–Crippen MR) is 95.1 cm³/mol. The molecule has 6 nitrogen and oxygen atoms in total. The molecule has 25 heavy (non-hydrogen) atoms. The van der Waals surface area contributed by atoms with Crippen LogP contribution in [0.3, 0.4) is 0 Å². The molecule has 3 rings (SSSR count). The third kappa shape index (κ3) is 3.53. The standard InChI is InChI=1S/C19H16N4O2/c1-12-14(16-7-2-3-10-21-16)5-4-6-15(12)19(25)23-13-8-9-17(18(20)24)22-11-13/h2-11H,1H3,(H2,20,24)(H,23,25). The zero-order valence-corrected chi connectivity index (χ0v) is 13.6. The first kappa shape index (κ1) is 16.3. The van der Waals surface area contributed by atoms with Gasteiger partial charge in [-0.15, -0.1) is 0 Å². The maximum Gasteiger partial charge on any atom is 0.267 e. The number of anilines is 1. The van der Waals surface area contributed by atoms with Gasteiger partial charge in [0.15, 0.2) is 0 Å². The van der Waals surface area contributed by atoms with E-state index < -0.39 is 5.91 Å². The molecule has 3 N–H and O–H groups in total. The van der Waals surface area contributed by atoms with Crippen LogP contribution in [0.15, 0.2) is 60.9 Å². The number of hydrogen-bond donors (Lipinski definition) is 2. The molecule has 6 heteroatoms. The molecule has 0 saturated heterocycles. The van der Waals surface area contributed by atoms with Crippen molar-refractivity contribution in [2.45, 2.75) is 6.92 Å². The van der Waals surface area contributed by atoms with Gasteiger partial charge in [-0.05, 0) is 42.8 Å². The van der Waals surface area contributed by atoms with Gasteiger partial charge < -0.3 is 11.1 Å². The van der Waals surface area contributed by atoms with E-state index in [0.29, 0.717) is 11.3 Å². The Morgan fingerprint density at radius 2 is 1.84 bits per heavy atom. The molecular weight excluding hydrogens is 316 g/mol. The quantitative estimate of drug-likeness (QED) is 0.767. The van der Waals surface area contributed by atoms with Crippen LogP contribution in [-0.4, -0.2) is 21.8 Å². The van der Waals surface area contributed by atoms with E-state index in [0.717, 1.165) is 16.8 Å². The second kappa shape index (κ2) is 6.92. The fourth-order valence-corrected chi connectivity index (χ4v) is 2.49. The topological polar surface area (TPSA) is 98.0 Å². The Morgan fingerprint density at radius 1 is 1.00 bits per heavy atom. The number of amides is 2. The molecule has 0 atom stereocenters. The molecule has 124 valence electrons. The number of pyridine rings is 2. The summed E-state index contributed by atoms with van der Waals surface area (Å²) in [6.45, 7) is 1.88. The lowest BCUT2D eigenvalue weighted by Gasteiger charge is -2.11. The van der Waals surface area contributed by atoms with E-state index in [-0.39, 0.29) is 11.6 Å². The first-order chi connectivity index (χ1) is 12.1. The molecule has 0 fully saturated rings. The molecule has 0 spiro atoms. The van der Waals surface area contributed by atoms with Crippen molar-refractivity contribution in [3.8, 4) is 11.3 Å². The lowest BCUT2D eigenvalue weighted by molar-refractivity contribution is 0.0994. The van der Waals surface area contributed by atoms with Crippen molar-refractivity contribution < 1.29 is 9.59 Å². The summed E-state index contributed by atoms with van der Waals surface area (Å²) < 4.78 is 0. The fourth-order valence-electron chi connectivity index (χ4n) is 2.49. The average Bonchev–Trinajstić information content (AvgIpc) is 2.63. The lowest BCUT2D eigenvalue weighted by Crippen LogP contribution is -2.16. The van der Waals surface area contributed by atoms with Crippen LogP contribution in [0.25, 0.3) is 11.3 Å². The fraction of sp³-hybridized carbons (Fsp3) is 0.0526. The maximum atomic E-state index is 12.6. The van der Waals surface area contributed by atoms with Crippen LogP contribution in [0.5, 0.6) is 0 Å². The second-order valence-corrected chi connectivity index (χ2v) is 5.44. The molecule has 0 radical (unpaired) electrons. The zero-order valence-electron chi connectivity index (χ0n) is 13.6. The first-order valence-electron chi connectivity index (χ1n) is 7.64. The summed E-state index contributed by atoms with van der Waals surface area (Å²) in [7, 11) is 0. The average molecular weight is 332 g/mol. The van der Waals surface area contributed by atoms with Gasteiger partial charge in [-0.25, -0.2) is 4.98 Å². The van der Waals surface area contributed by atoms with Crippen molar-refractivity contribution in [1.29, 1.82) is 0 Å². The Labute approximate surface area is 144 Å². The number of carbonyl (C=O) groups excluding carboxylic acids is 2. The number of benzene rings is 1. The number of primary amides is 1. The number of nitrogens with two attached hydrogens (primary N) is 1. The Morgan fingerprint density at radius 3 is 2.48 bits per heavy atom. The van der Waals surface area contributed by atoms with Crippen LogP contribution < -0.4 is 11.1 Å². The van der Waals surface area contributed by atoms with Crippen LogP contribution in [0.1, 0.15) is 26.4 Å². The van der Waals surface area contributed by atoms with Gasteiger partial charge in [0.2, 0.25) is 0 Å². The van der Waals surface area contributed by atoms with E-state index >= 15 is 0 Å². The molecule has 0 bridgehead atoms. The minimum atomic E-state index is -0.614. The van der Waals surface area contributed by atoms with Gasteiger partial charge in [0.25, 0.3) is 11.8 Å². The SMILES string of the molecule is Cc1c(C(=O)Nc2ccc(C(N)=O)nc2)cccc1-c1ccccn1. The highest BCUT2D eigenvalue weighted by Crippen LogP contribution is 2.24. The van der Waals surface area contributed by atoms with Crippen molar-refractivity contribution in [3.05, 3.63) is 77.7 Å². The normalized spacial score (nSPS) is 10.3. The summed E-state index contributed by atoms with van der Waals surface area (Å²) in [6, 6.07) is 14.2. The summed E-state index contributed by atoms with van der Waals surface area (Å²) in [6.07, 6.45) is 3.11. The van der Waals surface area contributed by atoms with Crippen molar-refractivity contribution in [1.82, 2.24) is 9.97 Å². The highest BCUT2D eigenvalue weighted by atomic mass is 16.2. The van der Waals surface area contributed by atoms with E-state index in [1.165, 1.54) is 12.3 Å². The Kier molecular flexibility index (Phi) is 4.52. The molecule has 0 aliphatic rings. The largest absolute Gasteiger partial charge is 0.364 e. The number of nitrogens with zero attached hydrogens (tertiary/aromatic N) is 2. The number of rotatable bonds is 4. The molecule has 2 heterocycles. The summed E-state index contributed by atoms with van der Waals surface area (Å²) >= 11 is 0. The molecule has 3 aromatic rings. The van der Waals surface area contributed by atoms with Gasteiger partial charge in [0.1, 0.15) is 5.69 Å². The number of nitrogens with one attached hydrogen (secondary N) is 1. The van der Waals surface area contributed by atoms with Crippen molar-refractivity contribution in [3.63, 3.8) is 0 Å². The Bertz CT molecular complexity index is 922. The number of aromatic nitrogens is 2. The van der Waals surface area contributed by atoms with Crippen molar-refractivity contribution >= 4 is 17.5 Å². The summed E-state index contributed by atoms with van der Waals surface area (Å²) in [5.41, 5.74) is 8.87. The van der Waals surface area contributed by atoms with E-state index in [2.05, 4.69) is 15.3 Å². The molecule has 2 amide bonds.